The molecule has 0 saturated carbocycles. The Kier molecular flexibility index (Phi) is 4.34. The molecule has 0 radical (unpaired) electrons. The molecule has 2 heterocycles. The van der Waals surface area contributed by atoms with Gasteiger partial charge < -0.3 is 14.4 Å². The number of nitrogens with one attached hydrogen (secondary N) is 1. The number of amides is 1. The molecule has 122 valence electrons. The van der Waals surface area contributed by atoms with Gasteiger partial charge in [0, 0.05) is 31.5 Å². The van der Waals surface area contributed by atoms with Crippen LogP contribution in [0.5, 0.6) is 5.75 Å². The SMILES string of the molecule is COCCCN1C(=O)c2n[nH]c(C)c2C1c1ccc(OC)cc1. The van der Waals surface area contributed by atoms with E-state index in [1.807, 2.05) is 36.1 Å². The number of hydrogen-bond donors (Lipinski definition) is 1. The van der Waals surface area contributed by atoms with Gasteiger partial charge in [-0.05, 0) is 31.0 Å². The van der Waals surface area contributed by atoms with E-state index in [4.69, 9.17) is 9.47 Å². The minimum absolute atomic E-state index is 0.0266. The summed E-state index contributed by atoms with van der Waals surface area (Å²) in [6, 6.07) is 7.73. The van der Waals surface area contributed by atoms with Crippen molar-refractivity contribution in [2.45, 2.75) is 19.4 Å². The first-order valence-electron chi connectivity index (χ1n) is 7.66. The third-order valence-corrected chi connectivity index (χ3v) is 4.22. The molecule has 0 bridgehead atoms. The van der Waals surface area contributed by atoms with E-state index >= 15 is 0 Å². The van der Waals surface area contributed by atoms with Crippen molar-refractivity contribution < 1.29 is 14.3 Å². The van der Waals surface area contributed by atoms with Crippen molar-refractivity contribution in [2.24, 2.45) is 0 Å². The second-order valence-corrected chi connectivity index (χ2v) is 5.63. The van der Waals surface area contributed by atoms with Gasteiger partial charge in [0.1, 0.15) is 5.75 Å². The monoisotopic (exact) mass is 315 g/mol. The number of benzene rings is 1. The molecule has 0 aliphatic carbocycles. The van der Waals surface area contributed by atoms with E-state index < -0.39 is 0 Å². The molecule has 2 aromatic rings. The number of fused-ring (bicyclic) bond motifs is 1. The van der Waals surface area contributed by atoms with Crippen molar-refractivity contribution in [2.75, 3.05) is 27.4 Å². The van der Waals surface area contributed by atoms with Crippen LogP contribution in [0.4, 0.5) is 0 Å². The number of aryl methyl sites for hydroxylation is 1. The number of ether oxygens (including phenoxy) is 2. The topological polar surface area (TPSA) is 67.5 Å². The second-order valence-electron chi connectivity index (χ2n) is 5.63. The van der Waals surface area contributed by atoms with Crippen LogP contribution in [0.3, 0.4) is 0 Å². The maximum absolute atomic E-state index is 12.7. The summed E-state index contributed by atoms with van der Waals surface area (Å²) in [5, 5.41) is 7.13. The van der Waals surface area contributed by atoms with Crippen LogP contribution >= 0.6 is 0 Å². The lowest BCUT2D eigenvalue weighted by Crippen LogP contribution is -2.31. The van der Waals surface area contributed by atoms with Gasteiger partial charge in [-0.2, -0.15) is 5.10 Å². The van der Waals surface area contributed by atoms with Crippen LogP contribution in [0.1, 0.15) is 39.8 Å². The van der Waals surface area contributed by atoms with Crippen LogP contribution < -0.4 is 4.74 Å². The highest BCUT2D eigenvalue weighted by molar-refractivity contribution is 5.98. The molecule has 1 N–H and O–H groups in total. The summed E-state index contributed by atoms with van der Waals surface area (Å²) < 4.78 is 10.3. The number of rotatable bonds is 6. The minimum Gasteiger partial charge on any atom is -0.497 e. The Balaban J connectivity index is 1.97. The third-order valence-electron chi connectivity index (χ3n) is 4.22. The maximum atomic E-state index is 12.7. The van der Waals surface area contributed by atoms with Crippen LogP contribution in [0.2, 0.25) is 0 Å². The summed E-state index contributed by atoms with van der Waals surface area (Å²) in [6.07, 6.45) is 0.794. The van der Waals surface area contributed by atoms with E-state index in [1.54, 1.807) is 14.2 Å². The van der Waals surface area contributed by atoms with Crippen LogP contribution in [0.15, 0.2) is 24.3 Å². The molecule has 1 aromatic heterocycles. The van der Waals surface area contributed by atoms with Crippen LogP contribution in [0.25, 0.3) is 0 Å². The van der Waals surface area contributed by atoms with Crippen molar-refractivity contribution in [1.82, 2.24) is 15.1 Å². The number of carbonyl (C=O) groups is 1. The zero-order valence-corrected chi connectivity index (χ0v) is 13.6. The van der Waals surface area contributed by atoms with E-state index in [1.165, 1.54) is 0 Å². The molecule has 6 heteroatoms. The van der Waals surface area contributed by atoms with E-state index in [0.717, 1.165) is 29.0 Å². The molecule has 0 fully saturated rings. The van der Waals surface area contributed by atoms with Crippen molar-refractivity contribution in [3.05, 3.63) is 46.8 Å². The second kappa shape index (κ2) is 6.42. The van der Waals surface area contributed by atoms with Crippen molar-refractivity contribution >= 4 is 5.91 Å². The number of H-pyrrole nitrogens is 1. The van der Waals surface area contributed by atoms with E-state index in [0.29, 0.717) is 18.8 Å². The van der Waals surface area contributed by atoms with Gasteiger partial charge in [-0.25, -0.2) is 0 Å². The van der Waals surface area contributed by atoms with Gasteiger partial charge in [0.05, 0.1) is 13.2 Å². The Morgan fingerprint density at radius 2 is 2.00 bits per heavy atom. The van der Waals surface area contributed by atoms with Gasteiger partial charge in [0.15, 0.2) is 5.69 Å². The molecule has 3 rings (SSSR count). The number of carbonyl (C=O) groups excluding carboxylic acids is 1. The first-order valence-corrected chi connectivity index (χ1v) is 7.66. The van der Waals surface area contributed by atoms with E-state index in [2.05, 4.69) is 10.2 Å². The van der Waals surface area contributed by atoms with Crippen LogP contribution in [0, 0.1) is 6.92 Å². The normalized spacial score (nSPS) is 16.7. The fourth-order valence-electron chi connectivity index (χ4n) is 3.09. The molecular formula is C17H21N3O3. The van der Waals surface area contributed by atoms with Crippen molar-refractivity contribution in [3.8, 4) is 5.75 Å². The molecule has 1 atom stereocenters. The molecule has 1 aliphatic rings. The summed E-state index contributed by atoms with van der Waals surface area (Å²) in [4.78, 5) is 14.6. The van der Waals surface area contributed by atoms with Gasteiger partial charge in [-0.1, -0.05) is 12.1 Å². The highest BCUT2D eigenvalue weighted by atomic mass is 16.5. The van der Waals surface area contributed by atoms with Gasteiger partial charge in [-0.15, -0.1) is 0 Å². The highest BCUT2D eigenvalue weighted by Crippen LogP contribution is 2.39. The lowest BCUT2D eigenvalue weighted by atomic mass is 9.99. The summed E-state index contributed by atoms with van der Waals surface area (Å²) in [6.45, 7) is 3.22. The lowest BCUT2D eigenvalue weighted by Gasteiger charge is -2.26. The zero-order chi connectivity index (χ0) is 16.4. The summed E-state index contributed by atoms with van der Waals surface area (Å²) in [5.41, 5.74) is 3.49. The fourth-order valence-corrected chi connectivity index (χ4v) is 3.09. The Labute approximate surface area is 135 Å². The van der Waals surface area contributed by atoms with Crippen molar-refractivity contribution in [1.29, 1.82) is 0 Å². The summed E-state index contributed by atoms with van der Waals surface area (Å²) in [5.74, 6) is 0.773. The molecule has 1 aliphatic heterocycles. The number of aromatic nitrogens is 2. The standard InChI is InChI=1S/C17H21N3O3/c1-11-14-15(19-18-11)17(21)20(9-4-10-22-2)16(14)12-5-7-13(23-3)8-6-12/h5-8,16H,4,9-10H2,1-3H3,(H,18,19). The molecular weight excluding hydrogens is 294 g/mol. The van der Waals surface area contributed by atoms with Gasteiger partial charge >= 0.3 is 0 Å². The first-order chi connectivity index (χ1) is 11.2. The molecule has 1 aromatic carbocycles. The van der Waals surface area contributed by atoms with Crippen LogP contribution in [-0.2, 0) is 4.74 Å². The number of nitrogens with zero attached hydrogens (tertiary/aromatic N) is 2. The van der Waals surface area contributed by atoms with E-state index in [-0.39, 0.29) is 11.9 Å². The predicted octanol–water partition coefficient (Wildman–Crippen LogP) is 2.31. The number of hydrogen-bond acceptors (Lipinski definition) is 4. The first kappa shape index (κ1) is 15.6. The Morgan fingerprint density at radius 1 is 1.26 bits per heavy atom. The molecule has 1 amide bonds. The average molecular weight is 315 g/mol. The summed E-state index contributed by atoms with van der Waals surface area (Å²) >= 11 is 0. The molecule has 23 heavy (non-hydrogen) atoms. The maximum Gasteiger partial charge on any atom is 0.275 e. The summed E-state index contributed by atoms with van der Waals surface area (Å²) in [7, 11) is 3.31. The Morgan fingerprint density at radius 3 is 2.65 bits per heavy atom. The fraction of sp³-hybridized carbons (Fsp3) is 0.412. The highest BCUT2D eigenvalue weighted by Gasteiger charge is 2.40. The molecule has 0 saturated heterocycles. The predicted molar refractivity (Wildman–Crippen MR) is 85.7 cm³/mol. The largest absolute Gasteiger partial charge is 0.497 e. The van der Waals surface area contributed by atoms with Gasteiger partial charge in [0.25, 0.3) is 5.91 Å². The van der Waals surface area contributed by atoms with Gasteiger partial charge in [0.2, 0.25) is 0 Å². The zero-order valence-electron chi connectivity index (χ0n) is 13.6. The molecule has 6 nitrogen and oxygen atoms in total. The quantitative estimate of drug-likeness (QED) is 0.831. The van der Waals surface area contributed by atoms with Gasteiger partial charge in [-0.3, -0.25) is 9.89 Å². The molecule has 0 spiro atoms. The molecule has 1 unspecified atom stereocenters. The van der Waals surface area contributed by atoms with E-state index in [9.17, 15) is 4.79 Å². The number of methoxy groups -OCH3 is 2. The number of aromatic amines is 1. The average Bonchev–Trinajstić information content (AvgIpc) is 3.08. The Hall–Kier alpha value is -2.34. The smallest absolute Gasteiger partial charge is 0.275 e. The van der Waals surface area contributed by atoms with Crippen molar-refractivity contribution in [3.63, 3.8) is 0 Å². The lowest BCUT2D eigenvalue weighted by molar-refractivity contribution is 0.0723. The van der Waals surface area contributed by atoms with Crippen LogP contribution in [-0.4, -0.2) is 48.4 Å². The Bertz CT molecular complexity index is 694. The third kappa shape index (κ3) is 2.70. The minimum atomic E-state index is -0.112.